The van der Waals surface area contributed by atoms with Crippen molar-refractivity contribution in [1.29, 1.82) is 0 Å². The maximum Gasteiger partial charge on any atom is 0.315 e. The Morgan fingerprint density at radius 3 is 2.50 bits per heavy atom. The van der Waals surface area contributed by atoms with Crippen molar-refractivity contribution in [1.82, 2.24) is 10.6 Å². The fourth-order valence-electron chi connectivity index (χ4n) is 1.96. The molecular formula is C14H19ClN2O. The van der Waals surface area contributed by atoms with Crippen LogP contribution in [0.1, 0.15) is 38.7 Å². The molecule has 1 aromatic rings. The summed E-state index contributed by atoms with van der Waals surface area (Å²) in [5, 5.41) is 6.73. The van der Waals surface area contributed by atoms with E-state index in [0.29, 0.717) is 0 Å². The summed E-state index contributed by atoms with van der Waals surface area (Å²) in [6.07, 6.45) is 2.91. The van der Waals surface area contributed by atoms with Crippen LogP contribution in [-0.4, -0.2) is 12.1 Å². The predicted molar refractivity (Wildman–Crippen MR) is 73.8 cm³/mol. The van der Waals surface area contributed by atoms with Crippen molar-refractivity contribution in [3.63, 3.8) is 0 Å². The van der Waals surface area contributed by atoms with Gasteiger partial charge in [-0.15, -0.1) is 0 Å². The summed E-state index contributed by atoms with van der Waals surface area (Å²) in [4.78, 5) is 11.9. The fourth-order valence-corrected chi connectivity index (χ4v) is 2.09. The molecule has 1 unspecified atom stereocenters. The van der Waals surface area contributed by atoms with Crippen LogP contribution >= 0.6 is 11.6 Å². The van der Waals surface area contributed by atoms with Gasteiger partial charge in [0.05, 0.1) is 5.54 Å². The number of nitrogens with one attached hydrogen (secondary N) is 2. The molecule has 1 aliphatic carbocycles. The van der Waals surface area contributed by atoms with Gasteiger partial charge >= 0.3 is 6.03 Å². The molecule has 1 aromatic carbocycles. The van der Waals surface area contributed by atoms with Crippen LogP contribution in [0.15, 0.2) is 24.3 Å². The third kappa shape index (κ3) is 2.96. The zero-order chi connectivity index (χ0) is 13.2. The van der Waals surface area contributed by atoms with E-state index in [1.54, 1.807) is 0 Å². The molecule has 4 heteroatoms. The Hall–Kier alpha value is -1.22. The van der Waals surface area contributed by atoms with E-state index in [0.717, 1.165) is 29.8 Å². The van der Waals surface area contributed by atoms with Crippen molar-refractivity contribution in [3.05, 3.63) is 34.9 Å². The van der Waals surface area contributed by atoms with Crippen molar-refractivity contribution >= 4 is 17.6 Å². The van der Waals surface area contributed by atoms with Gasteiger partial charge in [-0.3, -0.25) is 0 Å². The lowest BCUT2D eigenvalue weighted by Gasteiger charge is -2.20. The summed E-state index contributed by atoms with van der Waals surface area (Å²) in [5.41, 5.74) is 0.952. The molecule has 18 heavy (non-hydrogen) atoms. The minimum Gasteiger partial charge on any atom is -0.336 e. The van der Waals surface area contributed by atoms with Crippen LogP contribution in [0.4, 0.5) is 4.79 Å². The van der Waals surface area contributed by atoms with Gasteiger partial charge in [0.15, 0.2) is 0 Å². The first-order valence-electron chi connectivity index (χ1n) is 6.40. The maximum atomic E-state index is 11.9. The van der Waals surface area contributed by atoms with Crippen molar-refractivity contribution < 1.29 is 4.79 Å². The Bertz CT molecular complexity index is 426. The Labute approximate surface area is 113 Å². The lowest BCUT2D eigenvalue weighted by Crippen LogP contribution is -2.45. The van der Waals surface area contributed by atoms with E-state index in [4.69, 9.17) is 11.6 Å². The maximum absolute atomic E-state index is 11.9. The second kappa shape index (κ2) is 5.19. The average Bonchev–Trinajstić information content (AvgIpc) is 3.10. The Morgan fingerprint density at radius 2 is 2.00 bits per heavy atom. The molecule has 1 aliphatic rings. The zero-order valence-electron chi connectivity index (χ0n) is 10.8. The van der Waals surface area contributed by atoms with E-state index in [1.165, 1.54) is 0 Å². The number of amides is 2. The molecular weight excluding hydrogens is 248 g/mol. The first-order chi connectivity index (χ1) is 8.55. The lowest BCUT2D eigenvalue weighted by molar-refractivity contribution is 0.232. The van der Waals surface area contributed by atoms with Crippen molar-refractivity contribution in [2.45, 2.75) is 44.7 Å². The van der Waals surface area contributed by atoms with Crippen molar-refractivity contribution in [2.75, 3.05) is 0 Å². The van der Waals surface area contributed by atoms with Crippen molar-refractivity contribution in [2.24, 2.45) is 0 Å². The summed E-state index contributed by atoms with van der Waals surface area (Å²) in [6.45, 7) is 4.05. The van der Waals surface area contributed by atoms with Crippen LogP contribution < -0.4 is 10.6 Å². The zero-order valence-corrected chi connectivity index (χ0v) is 11.6. The number of halogens is 1. The van der Waals surface area contributed by atoms with E-state index >= 15 is 0 Å². The quantitative estimate of drug-likeness (QED) is 0.861. The SMILES string of the molecule is CCC(C)NC(=O)NC1(c2ccc(Cl)cc2)CC1. The fraction of sp³-hybridized carbons (Fsp3) is 0.500. The van der Waals surface area contributed by atoms with E-state index in [1.807, 2.05) is 31.2 Å². The van der Waals surface area contributed by atoms with Gasteiger partial charge in [-0.25, -0.2) is 4.79 Å². The minimum atomic E-state index is -0.178. The normalized spacial score (nSPS) is 17.9. The third-order valence-electron chi connectivity index (χ3n) is 3.49. The highest BCUT2D eigenvalue weighted by atomic mass is 35.5. The number of carbonyl (C=O) groups is 1. The van der Waals surface area contributed by atoms with Crippen LogP contribution in [0.5, 0.6) is 0 Å². The second-order valence-corrected chi connectivity index (χ2v) is 5.43. The first-order valence-corrected chi connectivity index (χ1v) is 6.78. The van der Waals surface area contributed by atoms with Crippen LogP contribution in [-0.2, 0) is 5.54 Å². The van der Waals surface area contributed by atoms with Gasteiger partial charge in [0, 0.05) is 11.1 Å². The highest BCUT2D eigenvalue weighted by Crippen LogP contribution is 2.45. The number of rotatable bonds is 4. The van der Waals surface area contributed by atoms with Crippen LogP contribution in [0.25, 0.3) is 0 Å². The van der Waals surface area contributed by atoms with Gasteiger partial charge < -0.3 is 10.6 Å². The number of urea groups is 1. The molecule has 0 saturated heterocycles. The standard InChI is InChI=1S/C14H19ClN2O/c1-3-10(2)16-13(18)17-14(8-9-14)11-4-6-12(15)7-5-11/h4-7,10H,3,8-9H2,1-2H3,(H2,16,17,18). The number of hydrogen-bond donors (Lipinski definition) is 2. The van der Waals surface area contributed by atoms with Gasteiger partial charge in [0.1, 0.15) is 0 Å². The molecule has 2 amide bonds. The smallest absolute Gasteiger partial charge is 0.315 e. The molecule has 0 aliphatic heterocycles. The van der Waals surface area contributed by atoms with Gasteiger partial charge in [-0.1, -0.05) is 30.7 Å². The number of hydrogen-bond acceptors (Lipinski definition) is 1. The number of carbonyl (C=O) groups excluding carboxylic acids is 1. The highest BCUT2D eigenvalue weighted by Gasteiger charge is 2.45. The molecule has 0 aromatic heterocycles. The summed E-state index contributed by atoms with van der Waals surface area (Å²) in [7, 11) is 0. The van der Waals surface area contributed by atoms with Crippen molar-refractivity contribution in [3.8, 4) is 0 Å². The van der Waals surface area contributed by atoms with E-state index in [9.17, 15) is 4.79 Å². The molecule has 98 valence electrons. The Kier molecular flexibility index (Phi) is 3.81. The molecule has 0 spiro atoms. The summed E-state index contributed by atoms with van der Waals surface area (Å²) in [5.74, 6) is 0. The largest absolute Gasteiger partial charge is 0.336 e. The minimum absolute atomic E-state index is 0.0863. The molecule has 3 nitrogen and oxygen atoms in total. The van der Waals surface area contributed by atoms with Gasteiger partial charge in [-0.05, 0) is 43.9 Å². The second-order valence-electron chi connectivity index (χ2n) is 5.00. The Morgan fingerprint density at radius 1 is 1.39 bits per heavy atom. The highest BCUT2D eigenvalue weighted by molar-refractivity contribution is 6.30. The summed E-state index contributed by atoms with van der Waals surface area (Å²) in [6, 6.07) is 7.82. The first kappa shape index (κ1) is 13.2. The molecule has 1 atom stereocenters. The van der Waals surface area contributed by atoms with Crippen LogP contribution in [0.2, 0.25) is 5.02 Å². The van der Waals surface area contributed by atoms with Crippen LogP contribution in [0, 0.1) is 0 Å². The molecule has 0 heterocycles. The molecule has 1 saturated carbocycles. The van der Waals surface area contributed by atoms with E-state index in [2.05, 4.69) is 17.6 Å². The topological polar surface area (TPSA) is 41.1 Å². The predicted octanol–water partition coefficient (Wildman–Crippen LogP) is 3.43. The average molecular weight is 267 g/mol. The Balaban J connectivity index is 2.00. The number of benzene rings is 1. The summed E-state index contributed by atoms with van der Waals surface area (Å²) >= 11 is 5.88. The van der Waals surface area contributed by atoms with Crippen LogP contribution in [0.3, 0.4) is 0 Å². The molecule has 0 bridgehead atoms. The summed E-state index contributed by atoms with van der Waals surface area (Å²) < 4.78 is 0. The van der Waals surface area contributed by atoms with Gasteiger partial charge in [0.2, 0.25) is 0 Å². The van der Waals surface area contributed by atoms with E-state index < -0.39 is 0 Å². The molecule has 2 N–H and O–H groups in total. The van der Waals surface area contributed by atoms with Gasteiger partial charge in [-0.2, -0.15) is 0 Å². The van der Waals surface area contributed by atoms with E-state index in [-0.39, 0.29) is 17.6 Å². The monoisotopic (exact) mass is 266 g/mol. The molecule has 2 rings (SSSR count). The molecule has 1 fully saturated rings. The third-order valence-corrected chi connectivity index (χ3v) is 3.74. The van der Waals surface area contributed by atoms with Gasteiger partial charge in [0.25, 0.3) is 0 Å². The molecule has 0 radical (unpaired) electrons. The lowest BCUT2D eigenvalue weighted by atomic mass is 10.1.